The molecule has 0 N–H and O–H groups in total. The van der Waals surface area contributed by atoms with Gasteiger partial charge >= 0.3 is 6.09 Å². The van der Waals surface area contributed by atoms with E-state index in [2.05, 4.69) is 15.9 Å². The molecule has 23 heavy (non-hydrogen) atoms. The summed E-state index contributed by atoms with van der Waals surface area (Å²) in [7, 11) is 0. The van der Waals surface area contributed by atoms with E-state index in [1.54, 1.807) is 4.90 Å². The first-order chi connectivity index (χ1) is 11.1. The molecule has 3 nitrogen and oxygen atoms in total. The third-order valence-corrected chi connectivity index (χ3v) is 5.25. The van der Waals surface area contributed by atoms with E-state index >= 15 is 0 Å². The second kappa shape index (κ2) is 6.93. The summed E-state index contributed by atoms with van der Waals surface area (Å²) in [5, 5.41) is 0.663. The molecule has 0 saturated carbocycles. The highest BCUT2D eigenvalue weighted by Crippen LogP contribution is 2.37. The fourth-order valence-corrected chi connectivity index (χ4v) is 3.32. The first-order valence-electron chi connectivity index (χ1n) is 7.54. The van der Waals surface area contributed by atoms with E-state index in [0.29, 0.717) is 5.02 Å². The Kier molecular flexibility index (Phi) is 4.93. The zero-order valence-corrected chi connectivity index (χ0v) is 15.1. The summed E-state index contributed by atoms with van der Waals surface area (Å²) >= 11 is 9.60. The van der Waals surface area contributed by atoms with Crippen molar-refractivity contribution in [1.82, 2.24) is 0 Å². The van der Waals surface area contributed by atoms with Gasteiger partial charge in [0.2, 0.25) is 0 Å². The van der Waals surface area contributed by atoms with Crippen LogP contribution in [0.25, 0.3) is 0 Å². The Hall–Kier alpha value is -1.52. The highest BCUT2D eigenvalue weighted by molar-refractivity contribution is 9.10. The van der Waals surface area contributed by atoms with Crippen LogP contribution in [0.5, 0.6) is 0 Å². The molecule has 2 aromatic rings. The summed E-state index contributed by atoms with van der Waals surface area (Å²) in [5.41, 5.74) is 2.93. The minimum absolute atomic E-state index is 0.0962. The number of carbonyl (C=O) groups excluding carboxylic acids is 1. The maximum Gasteiger partial charge on any atom is 0.414 e. The zero-order chi connectivity index (χ0) is 16.4. The molecule has 0 spiro atoms. The minimum Gasteiger partial charge on any atom is -0.444 e. The van der Waals surface area contributed by atoms with E-state index in [0.717, 1.165) is 34.1 Å². The van der Waals surface area contributed by atoms with Crippen LogP contribution in [0.1, 0.15) is 24.5 Å². The standard InChI is InChI=1S/C18H17BrClNO2/c1-12-7-8-14-9-16(20)15(19)10-17(14)21(12)18(22)23-11-13-5-3-2-4-6-13/h2-6,9-10,12H,7-8,11H2,1H3. The van der Waals surface area contributed by atoms with Crippen LogP contribution in [0.4, 0.5) is 10.5 Å². The molecule has 0 saturated heterocycles. The molecule has 0 aromatic heterocycles. The summed E-state index contributed by atoms with van der Waals surface area (Å²) in [6.07, 6.45) is 1.48. The molecule has 1 unspecified atom stereocenters. The molecule has 0 fully saturated rings. The van der Waals surface area contributed by atoms with Gasteiger partial charge in [0, 0.05) is 10.5 Å². The Morgan fingerprint density at radius 3 is 2.83 bits per heavy atom. The number of halogens is 2. The van der Waals surface area contributed by atoms with E-state index in [1.165, 1.54) is 0 Å². The summed E-state index contributed by atoms with van der Waals surface area (Å²) in [5.74, 6) is 0. The molecule has 1 atom stereocenters. The Morgan fingerprint density at radius 1 is 1.35 bits per heavy atom. The monoisotopic (exact) mass is 393 g/mol. The van der Waals surface area contributed by atoms with Gasteiger partial charge in [0.15, 0.2) is 0 Å². The van der Waals surface area contributed by atoms with Crippen molar-refractivity contribution in [3.8, 4) is 0 Å². The van der Waals surface area contributed by atoms with Crippen LogP contribution in [0.2, 0.25) is 5.02 Å². The highest BCUT2D eigenvalue weighted by Gasteiger charge is 2.30. The fraction of sp³-hybridized carbons (Fsp3) is 0.278. The number of nitrogens with zero attached hydrogens (tertiary/aromatic N) is 1. The Bertz CT molecular complexity index is 720. The average molecular weight is 395 g/mol. The van der Waals surface area contributed by atoms with Crippen LogP contribution in [-0.2, 0) is 17.8 Å². The second-order valence-corrected chi connectivity index (χ2v) is 6.95. The number of fused-ring (bicyclic) bond motifs is 1. The number of amides is 1. The van der Waals surface area contributed by atoms with E-state index < -0.39 is 0 Å². The van der Waals surface area contributed by atoms with Gasteiger partial charge in [-0.15, -0.1) is 0 Å². The summed E-state index contributed by atoms with van der Waals surface area (Å²) in [6.45, 7) is 2.31. The largest absolute Gasteiger partial charge is 0.444 e. The van der Waals surface area contributed by atoms with Crippen molar-refractivity contribution in [2.24, 2.45) is 0 Å². The molecule has 3 rings (SSSR count). The summed E-state index contributed by atoms with van der Waals surface area (Å²) < 4.78 is 6.29. The topological polar surface area (TPSA) is 29.5 Å². The maximum absolute atomic E-state index is 12.6. The van der Waals surface area contributed by atoms with Gasteiger partial charge in [0.05, 0.1) is 10.7 Å². The van der Waals surface area contributed by atoms with Crippen LogP contribution in [0.15, 0.2) is 46.9 Å². The van der Waals surface area contributed by atoms with E-state index in [-0.39, 0.29) is 18.7 Å². The van der Waals surface area contributed by atoms with Crippen molar-refractivity contribution in [2.75, 3.05) is 4.90 Å². The van der Waals surface area contributed by atoms with Gasteiger partial charge < -0.3 is 4.74 Å². The summed E-state index contributed by atoms with van der Waals surface area (Å²) in [4.78, 5) is 14.3. The average Bonchev–Trinajstić information content (AvgIpc) is 2.55. The van der Waals surface area contributed by atoms with Gasteiger partial charge in [-0.3, -0.25) is 4.90 Å². The quantitative estimate of drug-likeness (QED) is 0.665. The maximum atomic E-state index is 12.6. The van der Waals surface area contributed by atoms with Gasteiger partial charge in [-0.05, 0) is 59.0 Å². The normalized spacial score (nSPS) is 16.8. The van der Waals surface area contributed by atoms with Crippen molar-refractivity contribution in [3.63, 3.8) is 0 Å². The number of aryl methyl sites for hydroxylation is 1. The van der Waals surface area contributed by atoms with Gasteiger partial charge in [-0.25, -0.2) is 4.79 Å². The van der Waals surface area contributed by atoms with Crippen molar-refractivity contribution in [2.45, 2.75) is 32.4 Å². The number of hydrogen-bond donors (Lipinski definition) is 0. The van der Waals surface area contributed by atoms with Crippen LogP contribution in [-0.4, -0.2) is 12.1 Å². The molecule has 2 aromatic carbocycles. The molecule has 1 aliphatic heterocycles. The van der Waals surface area contributed by atoms with Crippen molar-refractivity contribution >= 4 is 39.3 Å². The minimum atomic E-state index is -0.323. The van der Waals surface area contributed by atoms with E-state index in [1.807, 2.05) is 49.4 Å². The molecule has 0 bridgehead atoms. The van der Waals surface area contributed by atoms with E-state index in [4.69, 9.17) is 16.3 Å². The lowest BCUT2D eigenvalue weighted by Gasteiger charge is -2.34. The molecular weight excluding hydrogens is 378 g/mol. The SMILES string of the molecule is CC1CCc2cc(Cl)c(Br)cc2N1C(=O)OCc1ccccc1. The van der Waals surface area contributed by atoms with Crippen LogP contribution in [0.3, 0.4) is 0 Å². The predicted octanol–water partition coefficient (Wildman–Crippen LogP) is 5.58. The second-order valence-electron chi connectivity index (χ2n) is 5.69. The molecule has 1 amide bonds. The lowest BCUT2D eigenvalue weighted by molar-refractivity contribution is 0.144. The van der Waals surface area contributed by atoms with Crippen LogP contribution < -0.4 is 4.90 Å². The number of anilines is 1. The van der Waals surface area contributed by atoms with Gasteiger partial charge in [-0.2, -0.15) is 0 Å². The summed E-state index contributed by atoms with van der Waals surface area (Å²) in [6, 6.07) is 13.6. The van der Waals surface area contributed by atoms with Crippen LogP contribution >= 0.6 is 27.5 Å². The number of ether oxygens (including phenoxy) is 1. The zero-order valence-electron chi connectivity index (χ0n) is 12.8. The van der Waals surface area contributed by atoms with Crippen molar-refractivity contribution in [3.05, 3.63) is 63.1 Å². The number of benzene rings is 2. The number of hydrogen-bond acceptors (Lipinski definition) is 2. The molecule has 1 aliphatic rings. The lowest BCUT2D eigenvalue weighted by atomic mass is 9.97. The number of rotatable bonds is 2. The van der Waals surface area contributed by atoms with Gasteiger partial charge in [-0.1, -0.05) is 41.9 Å². The first-order valence-corrected chi connectivity index (χ1v) is 8.71. The smallest absolute Gasteiger partial charge is 0.414 e. The molecule has 120 valence electrons. The molecular formula is C18H17BrClNO2. The van der Waals surface area contributed by atoms with Crippen molar-refractivity contribution < 1.29 is 9.53 Å². The van der Waals surface area contributed by atoms with Crippen LogP contribution in [0, 0.1) is 0 Å². The molecule has 5 heteroatoms. The van der Waals surface area contributed by atoms with E-state index in [9.17, 15) is 4.79 Å². The Morgan fingerprint density at radius 2 is 2.09 bits per heavy atom. The predicted molar refractivity (Wildman–Crippen MR) is 96.0 cm³/mol. The Balaban J connectivity index is 1.81. The molecule has 0 radical (unpaired) electrons. The third-order valence-electron chi connectivity index (χ3n) is 4.06. The highest BCUT2D eigenvalue weighted by atomic mass is 79.9. The first kappa shape index (κ1) is 16.3. The van der Waals surface area contributed by atoms with Crippen molar-refractivity contribution in [1.29, 1.82) is 0 Å². The lowest BCUT2D eigenvalue weighted by Crippen LogP contribution is -2.42. The molecule has 0 aliphatic carbocycles. The van der Waals surface area contributed by atoms with Gasteiger partial charge in [0.25, 0.3) is 0 Å². The molecule has 1 heterocycles. The Labute approximate surface area is 149 Å². The number of carbonyl (C=O) groups is 1. The third kappa shape index (κ3) is 3.54. The van der Waals surface area contributed by atoms with Gasteiger partial charge in [0.1, 0.15) is 6.61 Å². The fourth-order valence-electron chi connectivity index (χ4n) is 2.80.